The summed E-state index contributed by atoms with van der Waals surface area (Å²) < 4.78 is 23.6. The van der Waals surface area contributed by atoms with E-state index in [0.29, 0.717) is 76.2 Å². The van der Waals surface area contributed by atoms with E-state index in [2.05, 4.69) is 15.8 Å². The molecule has 6 N–H and O–H groups in total. The van der Waals surface area contributed by atoms with Gasteiger partial charge in [-0.05, 0) is 89.2 Å². The summed E-state index contributed by atoms with van der Waals surface area (Å²) in [5.74, 6) is 2.06. The van der Waals surface area contributed by atoms with Gasteiger partial charge in [-0.1, -0.05) is 49.0 Å². The van der Waals surface area contributed by atoms with E-state index in [0.717, 1.165) is 60.9 Å². The van der Waals surface area contributed by atoms with Crippen molar-refractivity contribution in [2.75, 3.05) is 32.8 Å². The number of nitrogens with zero attached hydrogens (tertiary/aromatic N) is 1. The molecular weight excluding hydrogens is 718 g/mol. The number of carbonyl (C=O) groups is 1. The van der Waals surface area contributed by atoms with E-state index in [9.17, 15) is 25.2 Å². The minimum absolute atomic E-state index is 0.140. The molecule has 2 atom stereocenters. The van der Waals surface area contributed by atoms with Crippen molar-refractivity contribution in [2.45, 2.75) is 83.6 Å². The van der Waals surface area contributed by atoms with Crippen LogP contribution in [0.1, 0.15) is 107 Å². The zero-order chi connectivity index (χ0) is 39.4. The second-order valence-corrected chi connectivity index (χ2v) is 13.8. The van der Waals surface area contributed by atoms with Crippen LogP contribution in [0.4, 0.5) is 5.69 Å². The lowest BCUT2D eigenvalue weighted by Crippen LogP contribution is -2.38. The molecule has 298 valence electrons. The summed E-state index contributed by atoms with van der Waals surface area (Å²) >= 11 is 0. The smallest absolute Gasteiger partial charge is 0.255 e. The Morgan fingerprint density at radius 1 is 0.696 bits per heavy atom. The highest BCUT2D eigenvalue weighted by Gasteiger charge is 2.28. The van der Waals surface area contributed by atoms with Crippen LogP contribution in [0.3, 0.4) is 0 Å². The molecule has 6 rings (SSSR count). The number of benzene rings is 4. The van der Waals surface area contributed by atoms with Gasteiger partial charge in [0.2, 0.25) is 5.75 Å². The molecule has 0 aliphatic carbocycles. The number of unbranched alkanes of at least 4 members (excludes halogenated alkanes) is 5. The molecule has 13 heteroatoms. The predicted octanol–water partition coefficient (Wildman–Crippen LogP) is 6.19. The molecule has 2 aliphatic rings. The maximum absolute atomic E-state index is 12.6. The van der Waals surface area contributed by atoms with Gasteiger partial charge in [0, 0.05) is 23.2 Å². The molecule has 0 fully saturated rings. The van der Waals surface area contributed by atoms with E-state index >= 15 is 0 Å². The molecule has 2 heterocycles. The molecule has 0 spiro atoms. The number of hydrogen-bond donors (Lipinski definition) is 6. The summed E-state index contributed by atoms with van der Waals surface area (Å²) in [6.45, 7) is 0.0522. The molecule has 2 aliphatic heterocycles. The Morgan fingerprint density at radius 2 is 1.32 bits per heavy atom. The van der Waals surface area contributed by atoms with Crippen molar-refractivity contribution in [3.05, 3.63) is 111 Å². The molecule has 0 saturated carbocycles. The minimum Gasteiger partial charge on any atom is -0.493 e. The van der Waals surface area contributed by atoms with Crippen LogP contribution >= 0.6 is 0 Å². The first kappa shape index (κ1) is 40.3. The van der Waals surface area contributed by atoms with Crippen molar-refractivity contribution in [1.82, 2.24) is 5.32 Å². The SMILES string of the molecule is COc1cc(C2=NOC(c3cc(CO)c(CO)c(CO)c3)C2)cc(OC)c1OCCCCCCCCOc1ccc(C2NC(=O)c3ccccc3N2)cc1CO. The Balaban J connectivity index is 0.919. The Hall–Kier alpha value is -5.34. The summed E-state index contributed by atoms with van der Waals surface area (Å²) in [5.41, 5.74) is 6.68. The number of anilines is 1. The standard InChI is InChI=1S/C43H51N3O10/c1-52-39-20-28(36-22-38(56-46-36)29-18-30(23-47)34(26-50)31(19-29)24-48)21-40(53-2)41(39)55-16-10-6-4-3-5-9-15-54-37-14-13-27(17-32(37)25-49)42-44-35-12-8-7-11-33(35)43(51)45-42/h7-8,11-14,17-21,38,42,44,47-50H,3-6,9-10,15-16,22-26H2,1-2H3,(H,45,51). The number of methoxy groups -OCH3 is 2. The lowest BCUT2D eigenvalue weighted by molar-refractivity contribution is 0.0853. The molecule has 0 saturated heterocycles. The maximum Gasteiger partial charge on any atom is 0.255 e. The third-order valence-corrected chi connectivity index (χ3v) is 10.2. The number of aliphatic hydroxyl groups excluding tert-OH is 4. The molecule has 2 unspecified atom stereocenters. The number of oxime groups is 1. The highest BCUT2D eigenvalue weighted by atomic mass is 16.6. The zero-order valence-electron chi connectivity index (χ0n) is 31.9. The van der Waals surface area contributed by atoms with Gasteiger partial charge in [-0.3, -0.25) is 4.79 Å². The lowest BCUT2D eigenvalue weighted by Gasteiger charge is -2.28. The molecule has 0 aromatic heterocycles. The third kappa shape index (κ3) is 9.36. The predicted molar refractivity (Wildman–Crippen MR) is 210 cm³/mol. The van der Waals surface area contributed by atoms with Gasteiger partial charge >= 0.3 is 0 Å². The fourth-order valence-corrected chi connectivity index (χ4v) is 7.10. The molecular formula is C43H51N3O10. The topological polar surface area (TPSA) is 181 Å². The molecule has 13 nitrogen and oxygen atoms in total. The highest BCUT2D eigenvalue weighted by Crippen LogP contribution is 2.41. The van der Waals surface area contributed by atoms with Crippen LogP contribution < -0.4 is 29.6 Å². The average molecular weight is 770 g/mol. The van der Waals surface area contributed by atoms with E-state index in [-0.39, 0.29) is 32.3 Å². The number of fused-ring (bicyclic) bond motifs is 1. The van der Waals surface area contributed by atoms with Gasteiger partial charge in [-0.15, -0.1) is 0 Å². The van der Waals surface area contributed by atoms with Crippen molar-refractivity contribution in [1.29, 1.82) is 0 Å². The summed E-state index contributed by atoms with van der Waals surface area (Å²) in [5, 5.41) is 50.1. The van der Waals surface area contributed by atoms with Crippen molar-refractivity contribution in [3.63, 3.8) is 0 Å². The molecule has 0 radical (unpaired) electrons. The van der Waals surface area contributed by atoms with Crippen LogP contribution in [0.2, 0.25) is 0 Å². The number of nitrogens with one attached hydrogen (secondary N) is 2. The molecule has 56 heavy (non-hydrogen) atoms. The van der Waals surface area contributed by atoms with E-state index < -0.39 is 12.3 Å². The van der Waals surface area contributed by atoms with Gasteiger partial charge < -0.3 is 54.8 Å². The molecule has 4 aromatic carbocycles. The van der Waals surface area contributed by atoms with Crippen LogP contribution in [-0.2, 0) is 31.3 Å². The lowest BCUT2D eigenvalue weighted by atomic mass is 9.93. The zero-order valence-corrected chi connectivity index (χ0v) is 31.9. The normalized spacial score (nSPS) is 16.0. The van der Waals surface area contributed by atoms with E-state index in [4.69, 9.17) is 23.8 Å². The number of carbonyl (C=O) groups excluding carboxylic acids is 1. The van der Waals surface area contributed by atoms with Crippen LogP contribution in [0.15, 0.2) is 71.9 Å². The van der Waals surface area contributed by atoms with Gasteiger partial charge in [-0.25, -0.2) is 0 Å². The van der Waals surface area contributed by atoms with Gasteiger partial charge in [0.25, 0.3) is 5.91 Å². The Morgan fingerprint density at radius 3 is 1.96 bits per heavy atom. The number of aliphatic hydroxyl groups is 4. The maximum atomic E-state index is 12.6. The Bertz CT molecular complexity index is 1950. The molecule has 4 aromatic rings. The van der Waals surface area contributed by atoms with Crippen LogP contribution in [0, 0.1) is 0 Å². The fourth-order valence-electron chi connectivity index (χ4n) is 7.10. The van der Waals surface area contributed by atoms with Crippen molar-refractivity contribution < 1.29 is 49.0 Å². The first-order chi connectivity index (χ1) is 27.4. The van der Waals surface area contributed by atoms with E-state index in [1.807, 2.05) is 48.5 Å². The number of ether oxygens (including phenoxy) is 4. The van der Waals surface area contributed by atoms with Gasteiger partial charge in [0.1, 0.15) is 11.9 Å². The number of hydrogen-bond acceptors (Lipinski definition) is 12. The summed E-state index contributed by atoms with van der Waals surface area (Å²) in [6.07, 6.45) is 5.50. The number of rotatable bonds is 20. The first-order valence-electron chi connectivity index (χ1n) is 19.0. The summed E-state index contributed by atoms with van der Waals surface area (Å²) in [6, 6.07) is 20.2. The Kier molecular flexibility index (Phi) is 14.0. The molecule has 1 amide bonds. The summed E-state index contributed by atoms with van der Waals surface area (Å²) in [7, 11) is 3.16. The largest absolute Gasteiger partial charge is 0.493 e. The number of amides is 1. The van der Waals surface area contributed by atoms with Gasteiger partial charge in [0.15, 0.2) is 17.6 Å². The quantitative estimate of drug-likeness (QED) is 0.0565. The minimum atomic E-state index is -0.429. The van der Waals surface area contributed by atoms with Crippen LogP contribution in [0.5, 0.6) is 23.0 Å². The highest BCUT2D eigenvalue weighted by molar-refractivity contribution is 6.02. The first-order valence-corrected chi connectivity index (χ1v) is 19.0. The van der Waals surface area contributed by atoms with E-state index in [1.165, 1.54) is 0 Å². The van der Waals surface area contributed by atoms with Gasteiger partial charge in [0.05, 0.1) is 65.1 Å². The van der Waals surface area contributed by atoms with Crippen molar-refractivity contribution >= 4 is 17.3 Å². The summed E-state index contributed by atoms with van der Waals surface area (Å²) in [4.78, 5) is 18.3. The fraction of sp³-hybridized carbons (Fsp3) is 0.395. The monoisotopic (exact) mass is 769 g/mol. The third-order valence-electron chi connectivity index (χ3n) is 10.2. The van der Waals surface area contributed by atoms with Crippen LogP contribution in [-0.4, -0.2) is 59.5 Å². The second-order valence-electron chi connectivity index (χ2n) is 13.8. The van der Waals surface area contributed by atoms with Crippen molar-refractivity contribution in [2.24, 2.45) is 5.16 Å². The molecule has 0 bridgehead atoms. The second kappa shape index (κ2) is 19.5. The van der Waals surface area contributed by atoms with Crippen LogP contribution in [0.25, 0.3) is 0 Å². The Labute approximate surface area is 326 Å². The number of para-hydroxylation sites is 1. The average Bonchev–Trinajstić information content (AvgIpc) is 3.74. The van der Waals surface area contributed by atoms with Gasteiger partial charge in [-0.2, -0.15) is 0 Å². The van der Waals surface area contributed by atoms with E-state index in [1.54, 1.807) is 32.4 Å². The van der Waals surface area contributed by atoms with Crippen molar-refractivity contribution in [3.8, 4) is 23.0 Å².